The molecule has 3 N–H and O–H groups in total. The summed E-state index contributed by atoms with van der Waals surface area (Å²) in [6.07, 6.45) is 1.36. The van der Waals surface area contributed by atoms with Gasteiger partial charge in [0, 0.05) is 6.20 Å². The number of hydrogen-bond donors (Lipinski definition) is 2. The zero-order valence-electron chi connectivity index (χ0n) is 5.18. The molecule has 0 bridgehead atoms. The molecule has 0 aliphatic carbocycles. The molecule has 0 spiro atoms. The third-order valence-corrected chi connectivity index (χ3v) is 0.891. The van der Waals surface area contributed by atoms with E-state index in [9.17, 15) is 0 Å². The van der Waals surface area contributed by atoms with Crippen LogP contribution in [0.1, 0.15) is 13.8 Å². The van der Waals surface area contributed by atoms with Gasteiger partial charge < -0.3 is 5.73 Å². The van der Waals surface area contributed by atoms with Crippen LogP contribution in [0.5, 0.6) is 0 Å². The Labute approximate surface area is 49.1 Å². The number of nitrogens with two attached hydrogens (primary N) is 1. The molecule has 0 radical (unpaired) electrons. The molecule has 0 aromatic rings. The molecule has 0 rings (SSSR count). The van der Waals surface area contributed by atoms with E-state index < -0.39 is 0 Å². The molecule has 3 nitrogen and oxygen atoms in total. The first-order chi connectivity index (χ1) is 3.72. The van der Waals surface area contributed by atoms with Crippen LogP contribution in [-0.4, -0.2) is 0 Å². The topological polar surface area (TPSA) is 62.2 Å². The lowest BCUT2D eigenvalue weighted by Gasteiger charge is -1.99. The zero-order valence-corrected chi connectivity index (χ0v) is 5.18. The van der Waals surface area contributed by atoms with Gasteiger partial charge in [-0.2, -0.15) is 5.11 Å². The molecule has 0 saturated heterocycles. The summed E-state index contributed by atoms with van der Waals surface area (Å²) in [5.41, 5.74) is 12.3. The van der Waals surface area contributed by atoms with Gasteiger partial charge in [-0.05, 0) is 5.92 Å². The first-order valence-electron chi connectivity index (χ1n) is 2.51. The van der Waals surface area contributed by atoms with Gasteiger partial charge in [0.25, 0.3) is 0 Å². The summed E-state index contributed by atoms with van der Waals surface area (Å²) in [7, 11) is 0. The van der Waals surface area contributed by atoms with Crippen molar-refractivity contribution in [3.63, 3.8) is 0 Å². The Balaban J connectivity index is 3.91. The minimum atomic E-state index is 0.262. The van der Waals surface area contributed by atoms with Crippen molar-refractivity contribution in [2.75, 3.05) is 0 Å². The maximum absolute atomic E-state index is 6.57. The molecule has 3 heteroatoms. The quantitative estimate of drug-likeness (QED) is 0.523. The van der Waals surface area contributed by atoms with E-state index in [-0.39, 0.29) is 5.92 Å². The van der Waals surface area contributed by atoms with Crippen LogP contribution in [0.2, 0.25) is 0 Å². The van der Waals surface area contributed by atoms with Crippen molar-refractivity contribution in [2.45, 2.75) is 13.8 Å². The Morgan fingerprint density at radius 3 is 2.25 bits per heavy atom. The molecule has 0 amide bonds. The molecule has 0 aromatic carbocycles. The van der Waals surface area contributed by atoms with Crippen LogP contribution in [0.15, 0.2) is 17.0 Å². The lowest BCUT2D eigenvalue weighted by molar-refractivity contribution is 0.729. The number of rotatable bonds is 2. The van der Waals surface area contributed by atoms with Gasteiger partial charge >= 0.3 is 0 Å². The number of nitrogens with zero attached hydrogens (tertiary/aromatic N) is 1. The van der Waals surface area contributed by atoms with Crippen molar-refractivity contribution in [1.82, 2.24) is 0 Å². The molecule has 46 valence electrons. The molecule has 0 saturated carbocycles. The third kappa shape index (κ3) is 1.73. The maximum Gasteiger partial charge on any atom is 0.0803 e. The Morgan fingerprint density at radius 1 is 1.75 bits per heavy atom. The van der Waals surface area contributed by atoms with Gasteiger partial charge in [0.1, 0.15) is 0 Å². The van der Waals surface area contributed by atoms with Crippen LogP contribution in [-0.2, 0) is 0 Å². The summed E-state index contributed by atoms with van der Waals surface area (Å²) < 4.78 is 0. The van der Waals surface area contributed by atoms with Crippen molar-refractivity contribution < 1.29 is 0 Å². The van der Waals surface area contributed by atoms with E-state index >= 15 is 0 Å². The van der Waals surface area contributed by atoms with E-state index in [0.29, 0.717) is 5.70 Å². The largest absolute Gasteiger partial charge is 0.403 e. The summed E-state index contributed by atoms with van der Waals surface area (Å²) in [5.74, 6) is 0.262. The Kier molecular flexibility index (Phi) is 2.84. The van der Waals surface area contributed by atoms with Crippen LogP contribution in [0, 0.1) is 11.4 Å². The van der Waals surface area contributed by atoms with Crippen LogP contribution in [0.25, 0.3) is 0 Å². The van der Waals surface area contributed by atoms with Crippen LogP contribution in [0.4, 0.5) is 0 Å². The predicted octanol–water partition coefficient (Wildman–Crippen LogP) is 1.47. The molecular formula is C5H11N3. The molecule has 0 aromatic heterocycles. The minimum Gasteiger partial charge on any atom is -0.403 e. The summed E-state index contributed by atoms with van der Waals surface area (Å²) >= 11 is 0. The highest BCUT2D eigenvalue weighted by atomic mass is 15.0. The first-order valence-corrected chi connectivity index (χ1v) is 2.51. The lowest BCUT2D eigenvalue weighted by atomic mass is 10.2. The zero-order chi connectivity index (χ0) is 6.57. The fourth-order valence-electron chi connectivity index (χ4n) is 0.359. The first kappa shape index (κ1) is 7.14. The standard InChI is InChI=1S/C5H11N3/c1-4(2)5(3-6)8-7/h3-4,7H,6H2,1-2H3/b5-3-,8-7?. The Bertz CT molecular complexity index is 104. The van der Waals surface area contributed by atoms with Crippen LogP contribution >= 0.6 is 0 Å². The highest BCUT2D eigenvalue weighted by molar-refractivity contribution is 4.97. The van der Waals surface area contributed by atoms with E-state index in [4.69, 9.17) is 11.3 Å². The van der Waals surface area contributed by atoms with Gasteiger partial charge in [0.05, 0.1) is 5.70 Å². The number of nitrogens with one attached hydrogen (secondary N) is 1. The van der Waals surface area contributed by atoms with Gasteiger partial charge in [-0.1, -0.05) is 13.8 Å². The molecule has 0 aliphatic rings. The van der Waals surface area contributed by atoms with Crippen molar-refractivity contribution in [3.05, 3.63) is 11.9 Å². The van der Waals surface area contributed by atoms with E-state index in [2.05, 4.69) is 5.11 Å². The van der Waals surface area contributed by atoms with Gasteiger partial charge in [-0.25, -0.2) is 5.53 Å². The molecule has 0 aliphatic heterocycles. The Hall–Kier alpha value is -0.860. The second-order valence-corrected chi connectivity index (χ2v) is 1.86. The highest BCUT2D eigenvalue weighted by Crippen LogP contribution is 2.07. The van der Waals surface area contributed by atoms with Crippen molar-refractivity contribution in [2.24, 2.45) is 16.8 Å². The smallest absolute Gasteiger partial charge is 0.0803 e. The predicted molar refractivity (Wildman–Crippen MR) is 32.3 cm³/mol. The van der Waals surface area contributed by atoms with Crippen molar-refractivity contribution in [3.8, 4) is 0 Å². The van der Waals surface area contributed by atoms with Gasteiger partial charge in [-0.3, -0.25) is 0 Å². The Morgan fingerprint density at radius 2 is 2.25 bits per heavy atom. The van der Waals surface area contributed by atoms with Gasteiger partial charge in [-0.15, -0.1) is 0 Å². The molecule has 0 unspecified atom stereocenters. The SMILES string of the molecule is CC(C)/C(=C/N)N=N. The fraction of sp³-hybridized carbons (Fsp3) is 0.600. The van der Waals surface area contributed by atoms with Crippen molar-refractivity contribution >= 4 is 0 Å². The van der Waals surface area contributed by atoms with Crippen molar-refractivity contribution in [1.29, 1.82) is 5.53 Å². The second-order valence-electron chi connectivity index (χ2n) is 1.86. The number of hydrogen-bond acceptors (Lipinski definition) is 3. The molecule has 0 atom stereocenters. The molecular weight excluding hydrogens is 102 g/mol. The van der Waals surface area contributed by atoms with Crippen LogP contribution in [0.3, 0.4) is 0 Å². The summed E-state index contributed by atoms with van der Waals surface area (Å²) in [6.45, 7) is 3.88. The third-order valence-electron chi connectivity index (χ3n) is 0.891. The molecule has 8 heavy (non-hydrogen) atoms. The summed E-state index contributed by atoms with van der Waals surface area (Å²) in [6, 6.07) is 0. The minimum absolute atomic E-state index is 0.262. The second kappa shape index (κ2) is 3.18. The lowest BCUT2D eigenvalue weighted by Crippen LogP contribution is -1.93. The summed E-state index contributed by atoms with van der Waals surface area (Å²) in [5, 5.41) is 3.19. The van der Waals surface area contributed by atoms with Gasteiger partial charge in [0.2, 0.25) is 0 Å². The normalized spacial score (nSPS) is 12.1. The molecule has 0 fully saturated rings. The van der Waals surface area contributed by atoms with E-state index in [1.54, 1.807) is 0 Å². The van der Waals surface area contributed by atoms with Crippen LogP contribution < -0.4 is 5.73 Å². The average Bonchev–Trinajstić information content (AvgIpc) is 1.69. The average molecular weight is 113 g/mol. The van der Waals surface area contributed by atoms with E-state index in [1.807, 2.05) is 13.8 Å². The monoisotopic (exact) mass is 113 g/mol. The summed E-state index contributed by atoms with van der Waals surface area (Å²) in [4.78, 5) is 0. The highest BCUT2D eigenvalue weighted by Gasteiger charge is 1.97. The van der Waals surface area contributed by atoms with E-state index in [1.165, 1.54) is 6.20 Å². The van der Waals surface area contributed by atoms with Gasteiger partial charge in [0.15, 0.2) is 0 Å². The molecule has 0 heterocycles. The maximum atomic E-state index is 6.57. The fourth-order valence-corrected chi connectivity index (χ4v) is 0.359. The number of allylic oxidation sites excluding steroid dienone is 1. The van der Waals surface area contributed by atoms with E-state index in [0.717, 1.165) is 0 Å².